The normalized spacial score (nSPS) is 11.2. The maximum Gasteiger partial charge on any atom is 0.141 e. The van der Waals surface area contributed by atoms with Gasteiger partial charge in [-0.25, -0.2) is 4.98 Å². The molecule has 5 rings (SSSR count). The maximum absolute atomic E-state index is 6.13. The number of hydrogen-bond donors (Lipinski definition) is 0. The van der Waals surface area contributed by atoms with Gasteiger partial charge in [-0.1, -0.05) is 48.5 Å². The average molecular weight is 423 g/mol. The summed E-state index contributed by atoms with van der Waals surface area (Å²) in [5.41, 5.74) is 3.27. The number of ether oxygens (including phenoxy) is 2. The number of para-hydroxylation sites is 2. The minimum atomic E-state index is 0.693. The Hall–Kier alpha value is -3.79. The first-order chi connectivity index (χ1) is 15.8. The Balaban J connectivity index is 1.29. The van der Waals surface area contributed by atoms with Crippen LogP contribution in [0.5, 0.6) is 11.5 Å². The van der Waals surface area contributed by atoms with Crippen molar-refractivity contribution in [3.8, 4) is 22.9 Å². The van der Waals surface area contributed by atoms with Crippen LogP contribution < -0.4 is 9.47 Å². The van der Waals surface area contributed by atoms with Crippen molar-refractivity contribution < 1.29 is 9.47 Å². The molecule has 0 fully saturated rings. The highest BCUT2D eigenvalue weighted by molar-refractivity contribution is 5.88. The molecule has 0 atom stereocenters. The fourth-order valence-electron chi connectivity index (χ4n) is 4.14. The van der Waals surface area contributed by atoms with Gasteiger partial charge in [0, 0.05) is 17.5 Å². The number of hydrogen-bond acceptors (Lipinski definition) is 3. The first-order valence-corrected chi connectivity index (χ1v) is 11.0. The van der Waals surface area contributed by atoms with Gasteiger partial charge in [-0.05, 0) is 60.7 Å². The summed E-state index contributed by atoms with van der Waals surface area (Å²) < 4.78 is 13.8. The van der Waals surface area contributed by atoms with Crippen molar-refractivity contribution in [2.45, 2.75) is 19.4 Å². The average Bonchev–Trinajstić information content (AvgIpc) is 3.22. The number of imidazole rings is 1. The summed E-state index contributed by atoms with van der Waals surface area (Å²) in [4.78, 5) is 4.91. The van der Waals surface area contributed by atoms with Gasteiger partial charge in [-0.3, -0.25) is 0 Å². The van der Waals surface area contributed by atoms with Crippen molar-refractivity contribution in [2.24, 2.45) is 0 Å². The van der Waals surface area contributed by atoms with Crippen molar-refractivity contribution in [3.63, 3.8) is 0 Å². The minimum absolute atomic E-state index is 0.693. The molecule has 0 radical (unpaired) electrons. The Labute approximate surface area is 188 Å². The molecule has 32 heavy (non-hydrogen) atoms. The Bertz CT molecular complexity index is 1330. The molecule has 0 saturated heterocycles. The van der Waals surface area contributed by atoms with E-state index in [1.54, 1.807) is 7.11 Å². The second kappa shape index (κ2) is 9.15. The fraction of sp³-hybridized carbons (Fsp3) is 0.179. The third-order valence-electron chi connectivity index (χ3n) is 5.79. The van der Waals surface area contributed by atoms with Crippen LogP contribution in [-0.4, -0.2) is 23.3 Å². The molecule has 0 unspecified atom stereocenters. The largest absolute Gasteiger partial charge is 0.497 e. The lowest BCUT2D eigenvalue weighted by Crippen LogP contribution is -2.04. The lowest BCUT2D eigenvalue weighted by molar-refractivity contribution is 0.307. The standard InChI is InChI=1S/C28H26N2O2/c1-31-23-17-15-22(16-18-23)28-29-25-12-4-5-13-26(25)30(28)19-6-7-20-32-27-14-8-10-21-9-2-3-11-24(21)27/h2-5,8-18H,6-7,19-20H2,1H3. The van der Waals surface area contributed by atoms with Gasteiger partial charge >= 0.3 is 0 Å². The monoisotopic (exact) mass is 422 g/mol. The van der Waals surface area contributed by atoms with Gasteiger partial charge in [0.05, 0.1) is 24.8 Å². The summed E-state index contributed by atoms with van der Waals surface area (Å²) in [5.74, 6) is 2.79. The molecule has 4 nitrogen and oxygen atoms in total. The number of fused-ring (bicyclic) bond motifs is 2. The molecular formula is C28H26N2O2. The highest BCUT2D eigenvalue weighted by atomic mass is 16.5. The molecule has 1 heterocycles. The van der Waals surface area contributed by atoms with Crippen molar-refractivity contribution in [2.75, 3.05) is 13.7 Å². The molecule has 0 saturated carbocycles. The predicted molar refractivity (Wildman–Crippen MR) is 130 cm³/mol. The van der Waals surface area contributed by atoms with Crippen LogP contribution >= 0.6 is 0 Å². The first-order valence-electron chi connectivity index (χ1n) is 11.0. The second-order valence-corrected chi connectivity index (χ2v) is 7.84. The van der Waals surface area contributed by atoms with Crippen LogP contribution in [-0.2, 0) is 6.54 Å². The van der Waals surface area contributed by atoms with Crippen LogP contribution in [0.25, 0.3) is 33.2 Å². The van der Waals surface area contributed by atoms with E-state index in [1.165, 1.54) is 5.39 Å². The molecule has 0 bridgehead atoms. The van der Waals surface area contributed by atoms with Crippen LogP contribution in [0.2, 0.25) is 0 Å². The van der Waals surface area contributed by atoms with E-state index in [0.29, 0.717) is 6.61 Å². The number of rotatable bonds is 8. The molecule has 5 aromatic rings. The van der Waals surface area contributed by atoms with Crippen LogP contribution in [0.1, 0.15) is 12.8 Å². The van der Waals surface area contributed by atoms with E-state index >= 15 is 0 Å². The third-order valence-corrected chi connectivity index (χ3v) is 5.79. The molecule has 0 aliphatic heterocycles. The number of aromatic nitrogens is 2. The van der Waals surface area contributed by atoms with E-state index < -0.39 is 0 Å². The van der Waals surface area contributed by atoms with E-state index in [4.69, 9.17) is 14.5 Å². The molecule has 0 aliphatic rings. The number of unbranched alkanes of at least 4 members (excludes halogenated alkanes) is 1. The highest BCUT2D eigenvalue weighted by Crippen LogP contribution is 2.28. The zero-order chi connectivity index (χ0) is 21.8. The predicted octanol–water partition coefficient (Wildman–Crippen LogP) is 6.72. The van der Waals surface area contributed by atoms with E-state index in [2.05, 4.69) is 71.3 Å². The molecule has 4 heteroatoms. The van der Waals surface area contributed by atoms with Gasteiger partial charge in [-0.2, -0.15) is 0 Å². The van der Waals surface area contributed by atoms with Crippen LogP contribution in [0.4, 0.5) is 0 Å². The lowest BCUT2D eigenvalue weighted by Gasteiger charge is -2.12. The SMILES string of the molecule is COc1ccc(-c2nc3ccccc3n2CCCCOc2cccc3ccccc23)cc1. The summed E-state index contributed by atoms with van der Waals surface area (Å²) in [5, 5.41) is 2.37. The fourth-order valence-corrected chi connectivity index (χ4v) is 4.14. The molecular weight excluding hydrogens is 396 g/mol. The van der Waals surface area contributed by atoms with Gasteiger partial charge in [-0.15, -0.1) is 0 Å². The van der Waals surface area contributed by atoms with Crippen molar-refractivity contribution >= 4 is 21.8 Å². The Kier molecular flexibility index (Phi) is 5.75. The number of nitrogens with zero attached hydrogens (tertiary/aromatic N) is 2. The lowest BCUT2D eigenvalue weighted by atomic mass is 10.1. The molecule has 0 aliphatic carbocycles. The quantitative estimate of drug-likeness (QED) is 0.260. The Morgan fingerprint density at radius 1 is 0.781 bits per heavy atom. The molecule has 4 aromatic carbocycles. The minimum Gasteiger partial charge on any atom is -0.497 e. The van der Waals surface area contributed by atoms with Crippen LogP contribution in [0.15, 0.2) is 91.0 Å². The summed E-state index contributed by atoms with van der Waals surface area (Å²) in [7, 11) is 1.69. The number of aryl methyl sites for hydroxylation is 1. The van der Waals surface area contributed by atoms with Gasteiger partial charge < -0.3 is 14.0 Å². The van der Waals surface area contributed by atoms with Crippen molar-refractivity contribution in [1.29, 1.82) is 0 Å². The Morgan fingerprint density at radius 3 is 2.44 bits per heavy atom. The van der Waals surface area contributed by atoms with E-state index in [-0.39, 0.29) is 0 Å². The van der Waals surface area contributed by atoms with Gasteiger partial charge in [0.2, 0.25) is 0 Å². The number of methoxy groups -OCH3 is 1. The van der Waals surface area contributed by atoms with Crippen LogP contribution in [0, 0.1) is 0 Å². The van der Waals surface area contributed by atoms with Gasteiger partial charge in [0.15, 0.2) is 0 Å². The highest BCUT2D eigenvalue weighted by Gasteiger charge is 2.12. The van der Waals surface area contributed by atoms with E-state index in [1.807, 2.05) is 24.3 Å². The second-order valence-electron chi connectivity index (χ2n) is 7.84. The molecule has 160 valence electrons. The van der Waals surface area contributed by atoms with Crippen LogP contribution in [0.3, 0.4) is 0 Å². The van der Waals surface area contributed by atoms with E-state index in [9.17, 15) is 0 Å². The van der Waals surface area contributed by atoms with Gasteiger partial charge in [0.1, 0.15) is 17.3 Å². The Morgan fingerprint density at radius 2 is 1.56 bits per heavy atom. The zero-order valence-electron chi connectivity index (χ0n) is 18.2. The molecule has 1 aromatic heterocycles. The maximum atomic E-state index is 6.13. The molecule has 0 N–H and O–H groups in total. The van der Waals surface area contributed by atoms with E-state index in [0.717, 1.165) is 58.7 Å². The van der Waals surface area contributed by atoms with Crippen molar-refractivity contribution in [3.05, 3.63) is 91.0 Å². The van der Waals surface area contributed by atoms with Gasteiger partial charge in [0.25, 0.3) is 0 Å². The molecule has 0 amide bonds. The third kappa shape index (κ3) is 4.04. The summed E-state index contributed by atoms with van der Waals surface area (Å²) in [6.07, 6.45) is 1.98. The van der Waals surface area contributed by atoms with Crippen molar-refractivity contribution in [1.82, 2.24) is 9.55 Å². The zero-order valence-corrected chi connectivity index (χ0v) is 18.2. The molecule has 0 spiro atoms. The summed E-state index contributed by atoms with van der Waals surface area (Å²) in [6.45, 7) is 1.58. The smallest absolute Gasteiger partial charge is 0.141 e. The summed E-state index contributed by atoms with van der Waals surface area (Å²) in [6, 6.07) is 31.0. The number of benzene rings is 4. The topological polar surface area (TPSA) is 36.3 Å². The first kappa shape index (κ1) is 20.1. The summed E-state index contributed by atoms with van der Waals surface area (Å²) >= 11 is 0.